The Hall–Kier alpha value is -3.09. The summed E-state index contributed by atoms with van der Waals surface area (Å²) in [6.45, 7) is 0. The third kappa shape index (κ3) is 3.73. The van der Waals surface area contributed by atoms with Crippen molar-refractivity contribution >= 4 is 28.9 Å². The highest BCUT2D eigenvalue weighted by molar-refractivity contribution is 6.37. The number of halogens is 2. The Kier molecular flexibility index (Phi) is 5.72. The predicted octanol–water partition coefficient (Wildman–Crippen LogP) is 6.26. The third-order valence-electron chi connectivity index (χ3n) is 5.91. The van der Waals surface area contributed by atoms with E-state index in [2.05, 4.69) is 6.07 Å². The Morgan fingerprint density at radius 2 is 1.67 bits per heavy atom. The Morgan fingerprint density at radius 1 is 0.939 bits per heavy atom. The minimum atomic E-state index is -0.498. The van der Waals surface area contributed by atoms with Crippen LogP contribution in [0.4, 0.5) is 0 Å². The van der Waals surface area contributed by atoms with Crippen molar-refractivity contribution in [1.82, 2.24) is 5.01 Å². The van der Waals surface area contributed by atoms with Crippen molar-refractivity contribution in [1.29, 1.82) is 0 Å². The standard InChI is InChI=1S/C25H22Cl2N2O4/c1-30-22-10-14(11-23(31-2)24(22)32-3)25-29-20(17-6-4-5-7-21(17)33-25)13-19(28-29)16-9-8-15(26)12-18(16)27/h4-12,20,25H,13H2,1-3H3. The van der Waals surface area contributed by atoms with Crippen LogP contribution in [0.2, 0.25) is 10.0 Å². The first-order valence-corrected chi connectivity index (χ1v) is 11.2. The van der Waals surface area contributed by atoms with Gasteiger partial charge in [0.1, 0.15) is 5.75 Å². The molecule has 2 aliphatic heterocycles. The number of nitrogens with zero attached hydrogens (tertiary/aromatic N) is 2. The molecule has 2 atom stereocenters. The number of hydrogen-bond donors (Lipinski definition) is 0. The molecule has 0 fully saturated rings. The molecule has 0 spiro atoms. The summed E-state index contributed by atoms with van der Waals surface area (Å²) < 4.78 is 23.1. The van der Waals surface area contributed by atoms with Crippen LogP contribution >= 0.6 is 23.2 Å². The van der Waals surface area contributed by atoms with Crippen molar-refractivity contribution in [2.75, 3.05) is 21.3 Å². The number of para-hydroxylation sites is 1. The molecule has 0 aliphatic carbocycles. The first-order valence-electron chi connectivity index (χ1n) is 10.4. The average molecular weight is 485 g/mol. The van der Waals surface area contributed by atoms with E-state index in [1.807, 2.05) is 47.5 Å². The Morgan fingerprint density at radius 3 is 2.33 bits per heavy atom. The summed E-state index contributed by atoms with van der Waals surface area (Å²) in [6, 6.07) is 17.2. The van der Waals surface area contributed by atoms with E-state index < -0.39 is 6.23 Å². The van der Waals surface area contributed by atoms with Gasteiger partial charge in [-0.05, 0) is 30.3 Å². The van der Waals surface area contributed by atoms with Crippen LogP contribution in [0.1, 0.15) is 35.4 Å². The largest absolute Gasteiger partial charge is 0.493 e. The van der Waals surface area contributed by atoms with Crippen LogP contribution < -0.4 is 18.9 Å². The van der Waals surface area contributed by atoms with Gasteiger partial charge in [0.15, 0.2) is 11.5 Å². The molecule has 2 aliphatic rings. The minimum Gasteiger partial charge on any atom is -0.493 e. The van der Waals surface area contributed by atoms with Gasteiger partial charge in [-0.3, -0.25) is 0 Å². The van der Waals surface area contributed by atoms with Gasteiger partial charge in [-0.1, -0.05) is 47.5 Å². The zero-order chi connectivity index (χ0) is 23.1. The molecule has 0 amide bonds. The van der Waals surface area contributed by atoms with Gasteiger partial charge >= 0.3 is 0 Å². The Balaban J connectivity index is 1.63. The topological polar surface area (TPSA) is 52.5 Å². The molecule has 33 heavy (non-hydrogen) atoms. The molecule has 2 heterocycles. The minimum absolute atomic E-state index is 0.0132. The first kappa shape index (κ1) is 21.7. The zero-order valence-electron chi connectivity index (χ0n) is 18.3. The molecular weight excluding hydrogens is 463 g/mol. The third-order valence-corrected chi connectivity index (χ3v) is 6.46. The second kappa shape index (κ2) is 8.69. The second-order valence-corrected chi connectivity index (χ2v) is 8.58. The van der Waals surface area contributed by atoms with Crippen LogP contribution in [-0.4, -0.2) is 32.0 Å². The van der Waals surface area contributed by atoms with Crippen LogP contribution in [0.3, 0.4) is 0 Å². The molecular formula is C25H22Cl2N2O4. The van der Waals surface area contributed by atoms with E-state index in [0.717, 1.165) is 28.2 Å². The molecule has 8 heteroatoms. The SMILES string of the molecule is COc1cc(C2Oc3ccccc3C3CC(c4ccc(Cl)cc4Cl)=NN32)cc(OC)c1OC. The molecule has 170 valence electrons. The Bertz CT molecular complexity index is 1220. The molecule has 3 aromatic rings. The summed E-state index contributed by atoms with van der Waals surface area (Å²) in [4.78, 5) is 0. The number of hydrogen-bond acceptors (Lipinski definition) is 6. The van der Waals surface area contributed by atoms with E-state index in [1.165, 1.54) is 0 Å². The van der Waals surface area contributed by atoms with Crippen molar-refractivity contribution < 1.29 is 18.9 Å². The highest BCUT2D eigenvalue weighted by Gasteiger charge is 2.41. The maximum absolute atomic E-state index is 6.51. The van der Waals surface area contributed by atoms with Crippen LogP contribution in [0.15, 0.2) is 59.7 Å². The van der Waals surface area contributed by atoms with Gasteiger partial charge in [-0.2, -0.15) is 5.10 Å². The van der Waals surface area contributed by atoms with E-state index in [-0.39, 0.29) is 6.04 Å². The number of methoxy groups -OCH3 is 3. The summed E-state index contributed by atoms with van der Waals surface area (Å²) >= 11 is 12.6. The molecule has 0 saturated heterocycles. The van der Waals surface area contributed by atoms with Crippen LogP contribution in [0.25, 0.3) is 0 Å². The number of benzene rings is 3. The van der Waals surface area contributed by atoms with Gasteiger partial charge in [0.25, 0.3) is 0 Å². The Labute approximate surface area is 202 Å². The quantitative estimate of drug-likeness (QED) is 0.427. The highest BCUT2D eigenvalue weighted by Crippen LogP contribution is 2.50. The summed E-state index contributed by atoms with van der Waals surface area (Å²) in [5, 5.41) is 8.10. The lowest BCUT2D eigenvalue weighted by molar-refractivity contribution is -0.0192. The molecule has 5 rings (SSSR count). The smallest absolute Gasteiger partial charge is 0.214 e. The summed E-state index contributed by atoms with van der Waals surface area (Å²) in [5.74, 6) is 2.44. The molecule has 2 unspecified atom stereocenters. The molecule has 0 aromatic heterocycles. The van der Waals surface area contributed by atoms with Gasteiger partial charge in [-0.15, -0.1) is 0 Å². The van der Waals surface area contributed by atoms with Crippen molar-refractivity contribution in [2.45, 2.75) is 18.7 Å². The fraction of sp³-hybridized carbons (Fsp3) is 0.240. The number of hydrazone groups is 1. The summed E-state index contributed by atoms with van der Waals surface area (Å²) in [6.07, 6.45) is 0.185. The molecule has 6 nitrogen and oxygen atoms in total. The van der Waals surface area contributed by atoms with Gasteiger partial charge in [0.05, 0.1) is 38.1 Å². The van der Waals surface area contributed by atoms with Gasteiger partial charge in [0.2, 0.25) is 12.0 Å². The highest BCUT2D eigenvalue weighted by atomic mass is 35.5. The number of ether oxygens (including phenoxy) is 4. The van der Waals surface area contributed by atoms with E-state index in [9.17, 15) is 0 Å². The van der Waals surface area contributed by atoms with E-state index in [4.69, 9.17) is 47.3 Å². The van der Waals surface area contributed by atoms with Crippen LogP contribution in [0.5, 0.6) is 23.0 Å². The zero-order valence-corrected chi connectivity index (χ0v) is 19.9. The molecule has 0 saturated carbocycles. The monoisotopic (exact) mass is 484 g/mol. The predicted molar refractivity (Wildman–Crippen MR) is 128 cm³/mol. The molecule has 0 bridgehead atoms. The maximum atomic E-state index is 6.51. The maximum Gasteiger partial charge on any atom is 0.214 e. The fourth-order valence-electron chi connectivity index (χ4n) is 4.38. The van der Waals surface area contributed by atoms with Crippen molar-refractivity contribution in [3.63, 3.8) is 0 Å². The lowest BCUT2D eigenvalue weighted by Crippen LogP contribution is -2.33. The van der Waals surface area contributed by atoms with Crippen molar-refractivity contribution in [3.05, 3.63) is 81.3 Å². The van der Waals surface area contributed by atoms with Crippen LogP contribution in [0, 0.1) is 0 Å². The van der Waals surface area contributed by atoms with E-state index in [1.54, 1.807) is 27.4 Å². The number of rotatable bonds is 5. The fourth-order valence-corrected chi connectivity index (χ4v) is 4.90. The molecule has 3 aromatic carbocycles. The first-order chi connectivity index (χ1) is 16.0. The molecule has 0 radical (unpaired) electrons. The van der Waals surface area contributed by atoms with Crippen LogP contribution in [-0.2, 0) is 0 Å². The average Bonchev–Trinajstić information content (AvgIpc) is 3.27. The van der Waals surface area contributed by atoms with Gasteiger partial charge < -0.3 is 18.9 Å². The van der Waals surface area contributed by atoms with Crippen molar-refractivity contribution in [3.8, 4) is 23.0 Å². The lowest BCUT2D eigenvalue weighted by atomic mass is 9.96. The number of fused-ring (bicyclic) bond motifs is 3. The van der Waals surface area contributed by atoms with Crippen molar-refractivity contribution in [2.24, 2.45) is 5.10 Å². The lowest BCUT2D eigenvalue weighted by Gasteiger charge is -2.38. The summed E-state index contributed by atoms with van der Waals surface area (Å²) in [5.41, 5.74) is 3.64. The molecule has 0 N–H and O–H groups in total. The van der Waals surface area contributed by atoms with Gasteiger partial charge in [-0.25, -0.2) is 5.01 Å². The normalized spacial score (nSPS) is 18.7. The second-order valence-electron chi connectivity index (χ2n) is 7.74. The van der Waals surface area contributed by atoms with E-state index >= 15 is 0 Å². The van der Waals surface area contributed by atoms with E-state index in [0.29, 0.717) is 33.7 Å². The summed E-state index contributed by atoms with van der Waals surface area (Å²) in [7, 11) is 4.77. The van der Waals surface area contributed by atoms with Gasteiger partial charge in [0, 0.05) is 28.1 Å².